The molecule has 7 nitrogen and oxygen atoms in total. The fourth-order valence-corrected chi connectivity index (χ4v) is 3.15. The quantitative estimate of drug-likeness (QED) is 0.0775. The highest BCUT2D eigenvalue weighted by molar-refractivity contribution is 6.76. The van der Waals surface area contributed by atoms with Gasteiger partial charge in [0.2, 0.25) is 11.8 Å². The minimum absolute atomic E-state index is 0.137. The molecule has 0 heterocycles. The number of nitrogens with one attached hydrogen (secondary N) is 2. The molecule has 2 aromatic carbocycles. The largest absolute Gasteiger partial charge is 0.497 e. The van der Waals surface area contributed by atoms with Crippen molar-refractivity contribution in [3.05, 3.63) is 77.9 Å². The van der Waals surface area contributed by atoms with Crippen LogP contribution in [0.2, 0.25) is 0 Å². The fourth-order valence-electron chi connectivity index (χ4n) is 2.88. The molecule has 0 fully saturated rings. The van der Waals surface area contributed by atoms with Crippen molar-refractivity contribution in [1.82, 2.24) is 0 Å². The molecule has 208 valence electrons. The first-order valence-corrected chi connectivity index (χ1v) is 13.3. The van der Waals surface area contributed by atoms with E-state index < -0.39 is 31.6 Å². The highest BCUT2D eigenvalue weighted by atomic mass is 35.6. The third-order valence-electron chi connectivity index (χ3n) is 4.77. The summed E-state index contributed by atoms with van der Waals surface area (Å²) >= 11 is 34.9. The van der Waals surface area contributed by atoms with E-state index in [1.54, 1.807) is 25.3 Å². The van der Waals surface area contributed by atoms with E-state index in [-0.39, 0.29) is 19.8 Å². The number of hydrogen-bond donors (Lipinski definition) is 2. The van der Waals surface area contributed by atoms with Gasteiger partial charge in [0.1, 0.15) is 5.75 Å². The van der Waals surface area contributed by atoms with Crippen molar-refractivity contribution in [1.29, 1.82) is 10.8 Å². The van der Waals surface area contributed by atoms with Crippen molar-refractivity contribution in [2.24, 2.45) is 0 Å². The van der Waals surface area contributed by atoms with E-state index in [1.807, 2.05) is 42.5 Å². The number of methoxy groups -OCH3 is 1. The Labute approximate surface area is 251 Å². The number of halogens is 6. The summed E-state index contributed by atoms with van der Waals surface area (Å²) < 4.78 is 23.5. The fraction of sp³-hybridized carbons (Fsp3) is 0.360. The van der Waals surface area contributed by atoms with E-state index in [1.165, 1.54) is 6.08 Å². The summed E-state index contributed by atoms with van der Waals surface area (Å²) in [7, 11) is 1.57. The Morgan fingerprint density at radius 1 is 0.789 bits per heavy atom. The molecule has 0 saturated carbocycles. The van der Waals surface area contributed by atoms with Gasteiger partial charge in [-0.05, 0) is 29.3 Å². The third-order valence-corrected chi connectivity index (χ3v) is 5.80. The van der Waals surface area contributed by atoms with Crippen molar-refractivity contribution in [3.63, 3.8) is 0 Å². The van der Waals surface area contributed by atoms with Crippen LogP contribution in [0.25, 0.3) is 0 Å². The van der Waals surface area contributed by atoms with Gasteiger partial charge in [0.15, 0.2) is 12.2 Å². The monoisotopic (exact) mass is 644 g/mol. The van der Waals surface area contributed by atoms with Crippen molar-refractivity contribution < 1.29 is 23.7 Å². The molecule has 38 heavy (non-hydrogen) atoms. The first-order chi connectivity index (χ1) is 17.9. The molecule has 0 spiro atoms. The van der Waals surface area contributed by atoms with Crippen molar-refractivity contribution >= 4 is 81.4 Å². The average molecular weight is 647 g/mol. The lowest BCUT2D eigenvalue weighted by Crippen LogP contribution is -2.41. The van der Waals surface area contributed by atoms with Crippen LogP contribution in [0.3, 0.4) is 0 Å². The van der Waals surface area contributed by atoms with Gasteiger partial charge in [0.05, 0.1) is 33.5 Å². The highest BCUT2D eigenvalue weighted by Gasteiger charge is 2.37. The van der Waals surface area contributed by atoms with Gasteiger partial charge in [-0.2, -0.15) is 0 Å². The number of benzene rings is 2. The number of hydrogen-bond acceptors (Lipinski definition) is 7. The summed E-state index contributed by atoms with van der Waals surface area (Å²) in [5.41, 5.74) is 1.84. The minimum Gasteiger partial charge on any atom is -0.497 e. The average Bonchev–Trinajstić information content (AvgIpc) is 2.87. The maximum atomic E-state index is 8.03. The highest BCUT2D eigenvalue weighted by Crippen LogP contribution is 2.31. The van der Waals surface area contributed by atoms with E-state index in [4.69, 9.17) is 104 Å². The van der Waals surface area contributed by atoms with Crippen LogP contribution in [-0.2, 0) is 32.2 Å². The van der Waals surface area contributed by atoms with Crippen molar-refractivity contribution in [2.45, 2.75) is 33.0 Å². The van der Waals surface area contributed by atoms with Crippen LogP contribution in [0.5, 0.6) is 5.75 Å². The number of ether oxygens (including phenoxy) is 5. The maximum absolute atomic E-state index is 8.03. The van der Waals surface area contributed by atoms with Gasteiger partial charge in [0, 0.05) is 0 Å². The molecular weight excluding hydrogens is 621 g/mol. The zero-order valence-corrected chi connectivity index (χ0v) is 24.7. The van der Waals surface area contributed by atoms with Gasteiger partial charge >= 0.3 is 0 Å². The Morgan fingerprint density at radius 2 is 1.34 bits per heavy atom. The van der Waals surface area contributed by atoms with Gasteiger partial charge < -0.3 is 23.7 Å². The lowest BCUT2D eigenvalue weighted by atomic mass is 10.2. The summed E-state index contributed by atoms with van der Waals surface area (Å²) in [4.78, 5) is 0. The molecule has 0 aliphatic rings. The zero-order chi connectivity index (χ0) is 28.2. The predicted molar refractivity (Wildman–Crippen MR) is 154 cm³/mol. The number of alkyl halides is 6. The SMILES string of the molecule is COc1ccc(COC[C@H](OC(=N)C(Cl)(Cl)Cl)[C@@H](/C=C/COCc2ccccc2)OC(=N)C(Cl)(Cl)Cl)cc1. The molecule has 0 unspecified atom stereocenters. The summed E-state index contributed by atoms with van der Waals surface area (Å²) in [6, 6.07) is 16.8. The molecule has 2 atom stereocenters. The Morgan fingerprint density at radius 3 is 1.92 bits per heavy atom. The van der Waals surface area contributed by atoms with E-state index >= 15 is 0 Å². The molecule has 2 aromatic rings. The lowest BCUT2D eigenvalue weighted by molar-refractivity contribution is -0.0153. The van der Waals surface area contributed by atoms with Gasteiger partial charge in [-0.25, -0.2) is 0 Å². The molecule has 2 N–H and O–H groups in total. The van der Waals surface area contributed by atoms with E-state index in [2.05, 4.69) is 0 Å². The van der Waals surface area contributed by atoms with E-state index in [9.17, 15) is 0 Å². The van der Waals surface area contributed by atoms with Gasteiger partial charge in [-0.1, -0.05) is 118 Å². The van der Waals surface area contributed by atoms with Gasteiger partial charge in [-0.15, -0.1) is 0 Å². The van der Waals surface area contributed by atoms with E-state index in [0.717, 1.165) is 11.1 Å². The zero-order valence-electron chi connectivity index (χ0n) is 20.1. The molecule has 2 rings (SSSR count). The molecule has 0 bridgehead atoms. The molecule has 0 saturated heterocycles. The van der Waals surface area contributed by atoms with E-state index in [0.29, 0.717) is 12.4 Å². The maximum Gasteiger partial charge on any atom is 0.265 e. The molecule has 0 aliphatic carbocycles. The van der Waals surface area contributed by atoms with Crippen molar-refractivity contribution in [3.8, 4) is 5.75 Å². The topological polar surface area (TPSA) is 93.9 Å². The van der Waals surface area contributed by atoms with Crippen molar-refractivity contribution in [2.75, 3.05) is 20.3 Å². The van der Waals surface area contributed by atoms with Crippen LogP contribution in [0.4, 0.5) is 0 Å². The second-order valence-electron chi connectivity index (χ2n) is 7.68. The second kappa shape index (κ2) is 16.0. The van der Waals surface area contributed by atoms with Crippen LogP contribution in [0.15, 0.2) is 66.7 Å². The predicted octanol–water partition coefficient (Wildman–Crippen LogP) is 7.45. The standard InChI is InChI=1S/C25H26Cl6N2O5/c1-34-19-11-9-18(10-12-19)15-36-16-21(38-23(33)25(29,30)31)20(37-22(32)24(26,27)28)8-5-13-35-14-17-6-3-2-4-7-17/h2-12,20-21,32-33H,13-16H2,1H3/b8-5+,32-22?,33-23?/t20-,21+/m1/s1. The molecule has 0 aliphatic heterocycles. The normalized spacial score (nSPS) is 13.7. The lowest BCUT2D eigenvalue weighted by Gasteiger charge is -2.29. The summed E-state index contributed by atoms with van der Waals surface area (Å²) in [5, 5.41) is 16.1. The first-order valence-electron chi connectivity index (χ1n) is 11.0. The third kappa shape index (κ3) is 12.2. The van der Waals surface area contributed by atoms with Crippen LogP contribution in [-0.4, -0.2) is 51.9 Å². The minimum atomic E-state index is -2.15. The first kappa shape index (κ1) is 32.8. The molecule has 0 amide bonds. The molecule has 13 heteroatoms. The summed E-state index contributed by atoms with van der Waals surface area (Å²) in [6.07, 6.45) is 1.01. The molecule has 0 aromatic heterocycles. The second-order valence-corrected chi connectivity index (χ2v) is 12.2. The summed E-state index contributed by atoms with van der Waals surface area (Å²) in [5.74, 6) is -0.654. The number of rotatable bonds is 13. The Kier molecular flexibility index (Phi) is 13.8. The van der Waals surface area contributed by atoms with Crippen LogP contribution in [0, 0.1) is 10.8 Å². The van der Waals surface area contributed by atoms with Gasteiger partial charge in [-0.3, -0.25) is 10.8 Å². The van der Waals surface area contributed by atoms with Crippen LogP contribution in [0.1, 0.15) is 11.1 Å². The smallest absolute Gasteiger partial charge is 0.265 e. The molecular formula is C25H26Cl6N2O5. The Bertz CT molecular complexity index is 1040. The van der Waals surface area contributed by atoms with Crippen LogP contribution < -0.4 is 4.74 Å². The van der Waals surface area contributed by atoms with Gasteiger partial charge in [0.25, 0.3) is 7.59 Å². The Hall–Kier alpha value is -1.42. The van der Waals surface area contributed by atoms with Crippen LogP contribution >= 0.6 is 69.6 Å². The summed E-state index contributed by atoms with van der Waals surface area (Å²) in [6.45, 7) is 0.617. The Balaban J connectivity index is 2.15. The molecule has 0 radical (unpaired) electrons.